The predicted molar refractivity (Wildman–Crippen MR) is 99.9 cm³/mol. The maximum atomic E-state index is 12.0. The summed E-state index contributed by atoms with van der Waals surface area (Å²) in [5, 5.41) is 4.53. The van der Waals surface area contributed by atoms with Crippen LogP contribution in [0.5, 0.6) is 0 Å². The summed E-state index contributed by atoms with van der Waals surface area (Å²) < 4.78 is 5.81. The molecule has 2 heteroatoms. The van der Waals surface area contributed by atoms with E-state index in [1.807, 2.05) is 24.3 Å². The number of hydrogen-bond donors (Lipinski definition) is 0. The SMILES string of the molecule is C=CC(=O)O[C@H](c1c2ccccc2cc2ccccc12)C(C)(C)C. The topological polar surface area (TPSA) is 26.3 Å². The Hall–Kier alpha value is -2.61. The van der Waals surface area contributed by atoms with E-state index in [-0.39, 0.29) is 11.5 Å². The maximum Gasteiger partial charge on any atom is 0.330 e. The fourth-order valence-corrected chi connectivity index (χ4v) is 3.16. The van der Waals surface area contributed by atoms with Crippen LogP contribution < -0.4 is 0 Å². The molecule has 3 aromatic rings. The molecule has 1 atom stereocenters. The van der Waals surface area contributed by atoms with E-state index < -0.39 is 5.97 Å². The van der Waals surface area contributed by atoms with Crippen LogP contribution in [0.15, 0.2) is 67.3 Å². The zero-order valence-electron chi connectivity index (χ0n) is 14.4. The van der Waals surface area contributed by atoms with E-state index in [0.717, 1.165) is 27.1 Å². The minimum absolute atomic E-state index is 0.244. The number of rotatable bonds is 3. The Morgan fingerprint density at radius 2 is 1.50 bits per heavy atom. The Morgan fingerprint density at radius 3 is 1.96 bits per heavy atom. The van der Waals surface area contributed by atoms with Crippen LogP contribution in [0.4, 0.5) is 0 Å². The molecule has 0 aromatic heterocycles. The summed E-state index contributed by atoms with van der Waals surface area (Å²) in [5.41, 5.74) is 0.817. The van der Waals surface area contributed by atoms with Crippen LogP contribution in [0.2, 0.25) is 0 Å². The summed E-state index contributed by atoms with van der Waals surface area (Å²) in [6, 6.07) is 18.7. The smallest absolute Gasteiger partial charge is 0.330 e. The molecular formula is C22H22O2. The average Bonchev–Trinajstić information content (AvgIpc) is 2.56. The van der Waals surface area contributed by atoms with Gasteiger partial charge in [-0.1, -0.05) is 75.9 Å². The first-order valence-corrected chi connectivity index (χ1v) is 8.15. The number of esters is 1. The highest BCUT2D eigenvalue weighted by molar-refractivity contribution is 6.02. The first-order valence-electron chi connectivity index (χ1n) is 8.15. The summed E-state index contributed by atoms with van der Waals surface area (Å²) >= 11 is 0. The van der Waals surface area contributed by atoms with E-state index in [9.17, 15) is 4.79 Å². The van der Waals surface area contributed by atoms with Gasteiger partial charge < -0.3 is 4.74 Å². The van der Waals surface area contributed by atoms with E-state index in [4.69, 9.17) is 4.74 Å². The Bertz CT molecular complexity index is 862. The van der Waals surface area contributed by atoms with E-state index in [1.54, 1.807) is 0 Å². The highest BCUT2D eigenvalue weighted by Crippen LogP contribution is 2.43. The molecule has 0 heterocycles. The van der Waals surface area contributed by atoms with E-state index in [1.165, 1.54) is 6.08 Å². The Kier molecular flexibility index (Phi) is 4.15. The predicted octanol–water partition coefficient (Wildman–Crippen LogP) is 5.81. The maximum absolute atomic E-state index is 12.0. The van der Waals surface area contributed by atoms with Gasteiger partial charge in [0.05, 0.1) is 0 Å². The van der Waals surface area contributed by atoms with Crippen LogP contribution >= 0.6 is 0 Å². The third-order valence-electron chi connectivity index (χ3n) is 4.26. The lowest BCUT2D eigenvalue weighted by atomic mass is 9.80. The number of ether oxygens (including phenoxy) is 1. The number of carbonyl (C=O) groups is 1. The van der Waals surface area contributed by atoms with Crippen LogP contribution in [-0.4, -0.2) is 5.97 Å². The number of carbonyl (C=O) groups excluding carboxylic acids is 1. The molecule has 0 amide bonds. The average molecular weight is 318 g/mol. The Morgan fingerprint density at radius 1 is 1.00 bits per heavy atom. The monoisotopic (exact) mass is 318 g/mol. The van der Waals surface area contributed by atoms with Gasteiger partial charge in [-0.3, -0.25) is 0 Å². The molecule has 2 nitrogen and oxygen atoms in total. The van der Waals surface area contributed by atoms with Gasteiger partial charge >= 0.3 is 5.97 Å². The van der Waals surface area contributed by atoms with Gasteiger partial charge in [-0.2, -0.15) is 0 Å². The van der Waals surface area contributed by atoms with Crippen LogP contribution in [0.3, 0.4) is 0 Å². The summed E-state index contributed by atoms with van der Waals surface area (Å²) in [5.74, 6) is -0.396. The van der Waals surface area contributed by atoms with Crippen LogP contribution in [-0.2, 0) is 9.53 Å². The molecule has 0 N–H and O–H groups in total. The van der Waals surface area contributed by atoms with Crippen LogP contribution in [0.25, 0.3) is 21.5 Å². The van der Waals surface area contributed by atoms with E-state index in [2.05, 4.69) is 57.7 Å². The van der Waals surface area contributed by atoms with Gasteiger partial charge in [-0.25, -0.2) is 4.79 Å². The van der Waals surface area contributed by atoms with Crippen molar-refractivity contribution in [3.05, 3.63) is 72.8 Å². The van der Waals surface area contributed by atoms with Gasteiger partial charge in [0, 0.05) is 17.1 Å². The first-order chi connectivity index (χ1) is 11.4. The second-order valence-electron chi connectivity index (χ2n) is 7.12. The van der Waals surface area contributed by atoms with Gasteiger partial charge in [0.1, 0.15) is 6.10 Å². The van der Waals surface area contributed by atoms with Gasteiger partial charge in [0.25, 0.3) is 0 Å². The molecule has 122 valence electrons. The standard InChI is InChI=1S/C22H22O2/c1-5-19(23)24-21(22(2,3)4)20-17-12-8-6-10-15(17)14-16-11-7-9-13-18(16)20/h5-14,21H,1H2,2-4H3/t21-/m1/s1. The molecule has 0 unspecified atom stereocenters. The van der Waals surface area contributed by atoms with Gasteiger partial charge in [0.15, 0.2) is 0 Å². The van der Waals surface area contributed by atoms with Crippen LogP contribution in [0, 0.1) is 5.41 Å². The quantitative estimate of drug-likeness (QED) is 0.346. The number of benzene rings is 3. The highest BCUT2D eigenvalue weighted by atomic mass is 16.5. The molecule has 0 saturated heterocycles. The van der Waals surface area contributed by atoms with E-state index in [0.29, 0.717) is 0 Å². The molecule has 0 aliphatic heterocycles. The lowest BCUT2D eigenvalue weighted by Gasteiger charge is -2.32. The second kappa shape index (κ2) is 6.12. The lowest BCUT2D eigenvalue weighted by Crippen LogP contribution is -2.24. The zero-order chi connectivity index (χ0) is 17.3. The molecule has 0 aliphatic rings. The Balaban J connectivity index is 2.38. The summed E-state index contributed by atoms with van der Waals surface area (Å²) in [6.07, 6.45) is 0.866. The van der Waals surface area contributed by atoms with Crippen molar-refractivity contribution < 1.29 is 9.53 Å². The molecule has 3 rings (SSSR count). The fraction of sp³-hybridized carbons (Fsp3) is 0.227. The number of hydrogen-bond acceptors (Lipinski definition) is 2. The summed E-state index contributed by atoms with van der Waals surface area (Å²) in [7, 11) is 0. The highest BCUT2D eigenvalue weighted by Gasteiger charge is 2.32. The van der Waals surface area contributed by atoms with Gasteiger partial charge in [0.2, 0.25) is 0 Å². The van der Waals surface area contributed by atoms with Crippen molar-refractivity contribution in [2.75, 3.05) is 0 Å². The van der Waals surface area contributed by atoms with Crippen molar-refractivity contribution in [2.24, 2.45) is 5.41 Å². The van der Waals surface area contributed by atoms with Crippen molar-refractivity contribution in [3.8, 4) is 0 Å². The largest absolute Gasteiger partial charge is 0.454 e. The molecule has 0 bridgehead atoms. The van der Waals surface area contributed by atoms with Crippen LogP contribution in [0.1, 0.15) is 32.4 Å². The number of fused-ring (bicyclic) bond motifs is 2. The Labute approximate surface area is 142 Å². The third-order valence-corrected chi connectivity index (χ3v) is 4.26. The first kappa shape index (κ1) is 16.3. The zero-order valence-corrected chi connectivity index (χ0v) is 14.4. The van der Waals surface area contributed by atoms with Crippen molar-refractivity contribution >= 4 is 27.5 Å². The van der Waals surface area contributed by atoms with Gasteiger partial charge in [-0.15, -0.1) is 0 Å². The van der Waals surface area contributed by atoms with Gasteiger partial charge in [-0.05, 0) is 27.6 Å². The van der Waals surface area contributed by atoms with Crippen molar-refractivity contribution in [1.29, 1.82) is 0 Å². The summed E-state index contributed by atoms with van der Waals surface area (Å²) in [4.78, 5) is 12.0. The lowest BCUT2D eigenvalue weighted by molar-refractivity contribution is -0.148. The molecule has 0 fully saturated rings. The molecule has 0 radical (unpaired) electrons. The molecule has 24 heavy (non-hydrogen) atoms. The van der Waals surface area contributed by atoms with Crippen molar-refractivity contribution in [3.63, 3.8) is 0 Å². The van der Waals surface area contributed by atoms with E-state index >= 15 is 0 Å². The normalized spacial score (nSPS) is 13.0. The summed E-state index contributed by atoms with van der Waals surface area (Å²) in [6.45, 7) is 9.80. The fourth-order valence-electron chi connectivity index (χ4n) is 3.16. The minimum atomic E-state index is -0.396. The molecule has 3 aromatic carbocycles. The van der Waals surface area contributed by atoms with Crippen molar-refractivity contribution in [1.82, 2.24) is 0 Å². The minimum Gasteiger partial charge on any atom is -0.454 e. The van der Waals surface area contributed by atoms with Crippen molar-refractivity contribution in [2.45, 2.75) is 26.9 Å². The second-order valence-corrected chi connectivity index (χ2v) is 7.12. The molecule has 0 saturated carbocycles. The molecule has 0 aliphatic carbocycles. The third kappa shape index (κ3) is 2.92. The molecular weight excluding hydrogens is 296 g/mol. The molecule has 0 spiro atoms.